The van der Waals surface area contributed by atoms with Crippen molar-refractivity contribution in [3.8, 4) is 11.5 Å². The van der Waals surface area contributed by atoms with Crippen molar-refractivity contribution >= 4 is 11.5 Å². The van der Waals surface area contributed by atoms with Crippen molar-refractivity contribution in [1.82, 2.24) is 14.5 Å². The minimum absolute atomic E-state index is 0.538. The summed E-state index contributed by atoms with van der Waals surface area (Å²) in [5.41, 5.74) is 0.885. The molecule has 0 aliphatic heterocycles. The second kappa shape index (κ2) is 2.43. The number of rotatable bonds is 1. The Bertz CT molecular complexity index is 340. The number of hydrogen-bond acceptors (Lipinski definition) is 5. The second-order valence-electron chi connectivity index (χ2n) is 2.06. The molecule has 11 heavy (non-hydrogen) atoms. The molecule has 2 rings (SSSR count). The second-order valence-corrected chi connectivity index (χ2v) is 2.72. The number of aromatic nitrogens is 3. The van der Waals surface area contributed by atoms with Gasteiger partial charge < -0.3 is 4.52 Å². The zero-order valence-corrected chi connectivity index (χ0v) is 6.63. The van der Waals surface area contributed by atoms with Gasteiger partial charge in [-0.05, 0) is 18.5 Å². The molecule has 5 heteroatoms. The third-order valence-corrected chi connectivity index (χ3v) is 1.79. The lowest BCUT2D eigenvalue weighted by atomic mass is 10.4. The first kappa shape index (κ1) is 6.48. The molecule has 0 spiro atoms. The van der Waals surface area contributed by atoms with Crippen molar-refractivity contribution in [2.24, 2.45) is 0 Å². The standard InChI is InChI=1S/C6H5N3OS/c1-4-8-6(10-9-4)5-2-7-11-3-5/h2-3H,1H3. The maximum atomic E-state index is 4.91. The molecule has 2 aromatic rings. The molecule has 4 nitrogen and oxygen atoms in total. The van der Waals surface area contributed by atoms with E-state index >= 15 is 0 Å². The summed E-state index contributed by atoms with van der Waals surface area (Å²) in [6.45, 7) is 1.78. The summed E-state index contributed by atoms with van der Waals surface area (Å²) in [5, 5.41) is 5.53. The Balaban J connectivity index is 2.45. The summed E-state index contributed by atoms with van der Waals surface area (Å²) in [6.07, 6.45) is 1.71. The van der Waals surface area contributed by atoms with Gasteiger partial charge in [-0.1, -0.05) is 5.16 Å². The monoisotopic (exact) mass is 167 g/mol. The summed E-state index contributed by atoms with van der Waals surface area (Å²) in [5.74, 6) is 1.18. The highest BCUT2D eigenvalue weighted by atomic mass is 32.1. The molecule has 0 aliphatic rings. The molecule has 0 aliphatic carbocycles. The van der Waals surface area contributed by atoms with Crippen molar-refractivity contribution in [1.29, 1.82) is 0 Å². The van der Waals surface area contributed by atoms with E-state index in [1.165, 1.54) is 11.5 Å². The number of hydrogen-bond donors (Lipinski definition) is 0. The molecule has 0 fully saturated rings. The predicted molar refractivity (Wildman–Crippen MR) is 40.1 cm³/mol. The predicted octanol–water partition coefficient (Wildman–Crippen LogP) is 1.50. The van der Waals surface area contributed by atoms with Gasteiger partial charge in [-0.3, -0.25) is 0 Å². The molecule has 0 bridgehead atoms. The number of nitrogens with zero attached hydrogens (tertiary/aromatic N) is 3. The first-order chi connectivity index (χ1) is 5.36. The van der Waals surface area contributed by atoms with Crippen LogP contribution in [0.25, 0.3) is 11.5 Å². The van der Waals surface area contributed by atoms with Crippen LogP contribution in [0.15, 0.2) is 16.1 Å². The lowest BCUT2D eigenvalue weighted by Crippen LogP contribution is -1.73. The van der Waals surface area contributed by atoms with Crippen molar-refractivity contribution in [3.05, 3.63) is 17.4 Å². The third kappa shape index (κ3) is 1.14. The maximum Gasteiger partial charge on any atom is 0.260 e. The fraction of sp³-hybridized carbons (Fsp3) is 0.167. The van der Waals surface area contributed by atoms with Gasteiger partial charge in [-0.25, -0.2) is 4.37 Å². The fourth-order valence-corrected chi connectivity index (χ4v) is 1.24. The minimum atomic E-state index is 0.538. The van der Waals surface area contributed by atoms with Crippen molar-refractivity contribution in [2.75, 3.05) is 0 Å². The van der Waals surface area contributed by atoms with E-state index in [-0.39, 0.29) is 0 Å². The Morgan fingerprint density at radius 3 is 3.00 bits per heavy atom. The largest absolute Gasteiger partial charge is 0.334 e. The van der Waals surface area contributed by atoms with E-state index in [9.17, 15) is 0 Å². The molecule has 0 saturated carbocycles. The van der Waals surface area contributed by atoms with E-state index in [1.54, 1.807) is 13.1 Å². The highest BCUT2D eigenvalue weighted by Crippen LogP contribution is 2.16. The van der Waals surface area contributed by atoms with E-state index in [2.05, 4.69) is 14.5 Å². The smallest absolute Gasteiger partial charge is 0.260 e. The number of aryl methyl sites for hydroxylation is 1. The Morgan fingerprint density at radius 2 is 2.45 bits per heavy atom. The van der Waals surface area contributed by atoms with Gasteiger partial charge in [0, 0.05) is 5.38 Å². The van der Waals surface area contributed by atoms with Crippen LogP contribution in [0.3, 0.4) is 0 Å². The zero-order valence-electron chi connectivity index (χ0n) is 5.81. The van der Waals surface area contributed by atoms with Crippen LogP contribution >= 0.6 is 11.5 Å². The highest BCUT2D eigenvalue weighted by Gasteiger charge is 2.05. The van der Waals surface area contributed by atoms with Gasteiger partial charge in [-0.15, -0.1) is 0 Å². The summed E-state index contributed by atoms with van der Waals surface area (Å²) in [6, 6.07) is 0. The summed E-state index contributed by atoms with van der Waals surface area (Å²) < 4.78 is 8.84. The summed E-state index contributed by atoms with van der Waals surface area (Å²) in [7, 11) is 0. The average molecular weight is 167 g/mol. The topological polar surface area (TPSA) is 51.8 Å². The van der Waals surface area contributed by atoms with Crippen molar-refractivity contribution in [3.63, 3.8) is 0 Å². The van der Waals surface area contributed by atoms with Crippen molar-refractivity contribution in [2.45, 2.75) is 6.92 Å². The lowest BCUT2D eigenvalue weighted by Gasteiger charge is -1.79. The van der Waals surface area contributed by atoms with Gasteiger partial charge in [0.05, 0.1) is 11.8 Å². The van der Waals surface area contributed by atoms with Crippen LogP contribution in [-0.2, 0) is 0 Å². The third-order valence-electron chi connectivity index (χ3n) is 1.21. The molecule has 0 saturated heterocycles. The van der Waals surface area contributed by atoms with E-state index in [0.29, 0.717) is 11.7 Å². The van der Waals surface area contributed by atoms with Crippen LogP contribution < -0.4 is 0 Å². The SMILES string of the molecule is Cc1noc(-c2cnsc2)n1. The molecule has 0 unspecified atom stereocenters. The average Bonchev–Trinajstić information content (AvgIpc) is 2.55. The Hall–Kier alpha value is -1.23. The normalized spacial score (nSPS) is 10.3. The molecular formula is C6H5N3OS. The van der Waals surface area contributed by atoms with Gasteiger partial charge in [0.2, 0.25) is 0 Å². The quantitative estimate of drug-likeness (QED) is 0.645. The first-order valence-electron chi connectivity index (χ1n) is 3.06. The van der Waals surface area contributed by atoms with Crippen LogP contribution in [-0.4, -0.2) is 14.5 Å². The van der Waals surface area contributed by atoms with E-state index < -0.39 is 0 Å². The lowest BCUT2D eigenvalue weighted by molar-refractivity contribution is 0.425. The molecule has 0 amide bonds. The van der Waals surface area contributed by atoms with Gasteiger partial charge in [0.15, 0.2) is 5.82 Å². The Labute approximate surface area is 67.0 Å². The fourth-order valence-electron chi connectivity index (χ4n) is 0.725. The molecule has 2 aromatic heterocycles. The minimum Gasteiger partial charge on any atom is -0.334 e. The molecule has 56 valence electrons. The van der Waals surface area contributed by atoms with E-state index in [0.717, 1.165) is 5.56 Å². The van der Waals surface area contributed by atoms with Crippen LogP contribution in [0, 0.1) is 6.92 Å². The van der Waals surface area contributed by atoms with Crippen LogP contribution in [0.1, 0.15) is 5.82 Å². The first-order valence-corrected chi connectivity index (χ1v) is 3.90. The van der Waals surface area contributed by atoms with Crippen LogP contribution in [0.4, 0.5) is 0 Å². The van der Waals surface area contributed by atoms with Crippen LogP contribution in [0.2, 0.25) is 0 Å². The molecule has 2 heterocycles. The van der Waals surface area contributed by atoms with E-state index in [4.69, 9.17) is 4.52 Å². The Morgan fingerprint density at radius 1 is 1.55 bits per heavy atom. The Kier molecular flexibility index (Phi) is 1.43. The zero-order chi connectivity index (χ0) is 7.68. The highest BCUT2D eigenvalue weighted by molar-refractivity contribution is 7.03. The van der Waals surface area contributed by atoms with Gasteiger partial charge >= 0.3 is 0 Å². The van der Waals surface area contributed by atoms with Crippen molar-refractivity contribution < 1.29 is 4.52 Å². The van der Waals surface area contributed by atoms with Crippen LogP contribution in [0.5, 0.6) is 0 Å². The molecular weight excluding hydrogens is 162 g/mol. The summed E-state index contributed by atoms with van der Waals surface area (Å²) >= 11 is 1.37. The molecule has 0 atom stereocenters. The maximum absolute atomic E-state index is 4.91. The van der Waals surface area contributed by atoms with Gasteiger partial charge in [0.1, 0.15) is 0 Å². The molecule has 0 N–H and O–H groups in total. The van der Waals surface area contributed by atoms with E-state index in [1.807, 2.05) is 5.38 Å². The molecule has 0 radical (unpaired) electrons. The van der Waals surface area contributed by atoms with Gasteiger partial charge in [0.25, 0.3) is 5.89 Å². The summed E-state index contributed by atoms with van der Waals surface area (Å²) in [4.78, 5) is 4.04. The van der Waals surface area contributed by atoms with Gasteiger partial charge in [-0.2, -0.15) is 4.98 Å². The molecule has 0 aromatic carbocycles.